The largest absolute Gasteiger partial charge is 0.315 e. The number of nitrogens with one attached hydrogen (secondary N) is 2. The zero-order valence-corrected chi connectivity index (χ0v) is 10.9. The minimum Gasteiger partial charge on any atom is -0.315 e. The first-order valence-corrected chi connectivity index (χ1v) is 6.90. The molecule has 0 bridgehead atoms. The summed E-state index contributed by atoms with van der Waals surface area (Å²) in [4.78, 5) is 3.90. The molecule has 1 aliphatic heterocycles. The van der Waals surface area contributed by atoms with Gasteiger partial charge in [-0.05, 0) is 24.6 Å². The summed E-state index contributed by atoms with van der Waals surface area (Å²) in [6, 6.07) is 3.53. The van der Waals surface area contributed by atoms with Gasteiger partial charge in [0.05, 0.1) is 5.75 Å². The van der Waals surface area contributed by atoms with Crippen LogP contribution in [-0.4, -0.2) is 32.5 Å². The van der Waals surface area contributed by atoms with E-state index in [1.807, 2.05) is 0 Å². The molecule has 0 aliphatic carbocycles. The van der Waals surface area contributed by atoms with E-state index in [2.05, 4.69) is 15.0 Å². The molecule has 7 heteroatoms. The molecule has 1 saturated heterocycles. The second-order valence-electron chi connectivity index (χ2n) is 3.93. The van der Waals surface area contributed by atoms with Gasteiger partial charge < -0.3 is 5.32 Å². The molecule has 1 atom stereocenters. The predicted molar refractivity (Wildman–Crippen MR) is 68.5 cm³/mol. The van der Waals surface area contributed by atoms with E-state index in [-0.39, 0.29) is 24.2 Å². The monoisotopic (exact) mass is 277 g/mol. The summed E-state index contributed by atoms with van der Waals surface area (Å²) in [6.07, 6.45) is 4.06. The first-order chi connectivity index (χ1) is 7.66. The maximum Gasteiger partial charge on any atom is 0.216 e. The van der Waals surface area contributed by atoms with Crippen LogP contribution in [0.4, 0.5) is 0 Å². The summed E-state index contributed by atoms with van der Waals surface area (Å²) in [5.74, 6) is -0.00264. The van der Waals surface area contributed by atoms with Gasteiger partial charge >= 0.3 is 0 Å². The third kappa shape index (κ3) is 4.59. The molecule has 1 aromatic rings. The molecular formula is C10H16ClN3O2S. The van der Waals surface area contributed by atoms with Crippen molar-refractivity contribution in [2.45, 2.75) is 18.2 Å². The molecule has 2 heterocycles. The Morgan fingerprint density at radius 1 is 1.53 bits per heavy atom. The highest BCUT2D eigenvalue weighted by Gasteiger charge is 2.21. The molecule has 0 unspecified atom stereocenters. The Kier molecular flexibility index (Phi) is 5.32. The smallest absolute Gasteiger partial charge is 0.216 e. The minimum absolute atomic E-state index is 0. The fourth-order valence-electron chi connectivity index (χ4n) is 1.75. The van der Waals surface area contributed by atoms with Crippen molar-refractivity contribution in [3.63, 3.8) is 0 Å². The van der Waals surface area contributed by atoms with E-state index >= 15 is 0 Å². The van der Waals surface area contributed by atoms with E-state index < -0.39 is 10.0 Å². The highest BCUT2D eigenvalue weighted by Crippen LogP contribution is 2.05. The Morgan fingerprint density at radius 3 is 2.94 bits per heavy atom. The quantitative estimate of drug-likeness (QED) is 0.830. The molecule has 1 aromatic heterocycles. The van der Waals surface area contributed by atoms with Gasteiger partial charge in [0.2, 0.25) is 10.0 Å². The van der Waals surface area contributed by atoms with E-state index in [9.17, 15) is 8.42 Å². The van der Waals surface area contributed by atoms with E-state index in [0.29, 0.717) is 12.1 Å². The van der Waals surface area contributed by atoms with Crippen molar-refractivity contribution in [1.29, 1.82) is 0 Å². The summed E-state index contributed by atoms with van der Waals surface area (Å²) in [5, 5.41) is 3.12. The van der Waals surface area contributed by atoms with Crippen LogP contribution in [-0.2, 0) is 15.8 Å². The number of sulfonamides is 1. The second-order valence-corrected chi connectivity index (χ2v) is 5.68. The van der Waals surface area contributed by atoms with Crippen LogP contribution in [0.2, 0.25) is 0 Å². The molecule has 0 spiro atoms. The highest BCUT2D eigenvalue weighted by atomic mass is 35.5. The van der Waals surface area contributed by atoms with Gasteiger partial charge in [0.25, 0.3) is 0 Å². The van der Waals surface area contributed by atoms with Crippen LogP contribution in [0.25, 0.3) is 0 Å². The molecule has 96 valence electrons. The third-order valence-electron chi connectivity index (χ3n) is 2.49. The Bertz CT molecular complexity index is 432. The topological polar surface area (TPSA) is 71.1 Å². The molecule has 0 radical (unpaired) electrons. The van der Waals surface area contributed by atoms with Gasteiger partial charge in [-0.15, -0.1) is 12.4 Å². The van der Waals surface area contributed by atoms with Gasteiger partial charge in [-0.2, -0.15) is 0 Å². The van der Waals surface area contributed by atoms with E-state index in [1.165, 1.54) is 0 Å². The average Bonchev–Trinajstić information content (AvgIpc) is 2.70. The molecule has 0 amide bonds. The molecule has 0 saturated carbocycles. The number of hydrogen-bond donors (Lipinski definition) is 2. The lowest BCUT2D eigenvalue weighted by Gasteiger charge is -2.11. The number of halogens is 1. The lowest BCUT2D eigenvalue weighted by atomic mass is 10.3. The fourth-order valence-corrected chi connectivity index (χ4v) is 3.16. The van der Waals surface area contributed by atoms with Gasteiger partial charge in [0, 0.05) is 25.0 Å². The SMILES string of the molecule is Cl.O=S(=O)(Cc1cccnc1)N[C@@H]1CCNC1. The normalized spacial score (nSPS) is 19.9. The summed E-state index contributed by atoms with van der Waals surface area (Å²) in [5.41, 5.74) is 0.709. The molecule has 1 fully saturated rings. The Morgan fingerprint density at radius 2 is 2.35 bits per heavy atom. The van der Waals surface area contributed by atoms with Crippen LogP contribution < -0.4 is 10.0 Å². The molecule has 2 N–H and O–H groups in total. The highest BCUT2D eigenvalue weighted by molar-refractivity contribution is 7.88. The Hall–Kier alpha value is -0.690. The van der Waals surface area contributed by atoms with Gasteiger partial charge in [-0.1, -0.05) is 6.07 Å². The first-order valence-electron chi connectivity index (χ1n) is 5.25. The van der Waals surface area contributed by atoms with E-state index in [4.69, 9.17) is 0 Å². The molecule has 5 nitrogen and oxygen atoms in total. The van der Waals surface area contributed by atoms with Crippen molar-refractivity contribution in [3.05, 3.63) is 30.1 Å². The number of pyridine rings is 1. The van der Waals surface area contributed by atoms with Crippen molar-refractivity contribution in [2.24, 2.45) is 0 Å². The number of rotatable bonds is 4. The third-order valence-corrected chi connectivity index (χ3v) is 3.89. The maximum atomic E-state index is 11.8. The second kappa shape index (κ2) is 6.30. The lowest BCUT2D eigenvalue weighted by Crippen LogP contribution is -2.36. The van der Waals surface area contributed by atoms with Gasteiger partial charge in [0.1, 0.15) is 0 Å². The van der Waals surface area contributed by atoms with E-state index in [0.717, 1.165) is 13.0 Å². The number of aromatic nitrogens is 1. The van der Waals surface area contributed by atoms with Crippen molar-refractivity contribution in [3.8, 4) is 0 Å². The standard InChI is InChI=1S/C10H15N3O2S.ClH/c14-16(15,13-10-3-5-12-7-10)8-9-2-1-4-11-6-9;/h1-2,4,6,10,12-13H,3,5,7-8H2;1H/t10-;/m1./s1. The average molecular weight is 278 g/mol. The van der Waals surface area contributed by atoms with Crippen LogP contribution >= 0.6 is 12.4 Å². The van der Waals surface area contributed by atoms with Crippen molar-refractivity contribution >= 4 is 22.4 Å². The minimum atomic E-state index is -3.25. The zero-order chi connectivity index (χ0) is 11.4. The Balaban J connectivity index is 0.00000144. The van der Waals surface area contributed by atoms with Crippen LogP contribution in [0.5, 0.6) is 0 Å². The van der Waals surface area contributed by atoms with Crippen LogP contribution in [0.3, 0.4) is 0 Å². The maximum absolute atomic E-state index is 11.8. The van der Waals surface area contributed by atoms with Crippen LogP contribution in [0, 0.1) is 0 Å². The van der Waals surface area contributed by atoms with Crippen molar-refractivity contribution in [1.82, 2.24) is 15.0 Å². The molecule has 2 rings (SSSR count). The van der Waals surface area contributed by atoms with Crippen LogP contribution in [0.1, 0.15) is 12.0 Å². The zero-order valence-electron chi connectivity index (χ0n) is 9.30. The van der Waals surface area contributed by atoms with Gasteiger partial charge in [-0.25, -0.2) is 13.1 Å². The predicted octanol–water partition coefficient (Wildman–Crippen LogP) is 0.285. The van der Waals surface area contributed by atoms with Crippen molar-refractivity contribution < 1.29 is 8.42 Å². The Labute approximate surface area is 107 Å². The molecule has 17 heavy (non-hydrogen) atoms. The molecular weight excluding hydrogens is 262 g/mol. The summed E-state index contributed by atoms with van der Waals surface area (Å²) in [6.45, 7) is 1.59. The first kappa shape index (κ1) is 14.4. The van der Waals surface area contributed by atoms with Crippen LogP contribution in [0.15, 0.2) is 24.5 Å². The van der Waals surface area contributed by atoms with Gasteiger partial charge in [0.15, 0.2) is 0 Å². The van der Waals surface area contributed by atoms with Gasteiger partial charge in [-0.3, -0.25) is 4.98 Å². The summed E-state index contributed by atoms with van der Waals surface area (Å²) < 4.78 is 26.3. The molecule has 1 aliphatic rings. The van der Waals surface area contributed by atoms with E-state index in [1.54, 1.807) is 24.5 Å². The van der Waals surface area contributed by atoms with Crippen molar-refractivity contribution in [2.75, 3.05) is 13.1 Å². The number of nitrogens with zero attached hydrogens (tertiary/aromatic N) is 1. The summed E-state index contributed by atoms with van der Waals surface area (Å²) >= 11 is 0. The summed E-state index contributed by atoms with van der Waals surface area (Å²) in [7, 11) is -3.25. The lowest BCUT2D eigenvalue weighted by molar-refractivity contribution is 0.559. The fraction of sp³-hybridized carbons (Fsp3) is 0.500. The molecule has 0 aromatic carbocycles. The number of hydrogen-bond acceptors (Lipinski definition) is 4.